The third-order valence-electron chi connectivity index (χ3n) is 3.73. The highest BCUT2D eigenvalue weighted by molar-refractivity contribution is 7.93. The minimum Gasteiger partial charge on any atom is -0.385 e. The van der Waals surface area contributed by atoms with Gasteiger partial charge in [0, 0.05) is 23.8 Å². The van der Waals surface area contributed by atoms with Crippen molar-refractivity contribution in [1.29, 1.82) is 0 Å². The standard InChI is InChI=1S/C16H21N3O5S2/c1-16(2)23-13(14(20)24-16)7-8-17-11-3-5-12(6-4-11)26(21,22)19-15-18-9-10-25-15/h3-6,9-10,13-14,17,20H,7-8H2,1-2H3,(H,18,19)/t13-,14?/m1/s1. The fraction of sp³-hybridized carbons (Fsp3) is 0.438. The lowest BCUT2D eigenvalue weighted by Gasteiger charge is -2.16. The minimum absolute atomic E-state index is 0.156. The van der Waals surface area contributed by atoms with Gasteiger partial charge in [-0.1, -0.05) is 0 Å². The van der Waals surface area contributed by atoms with Crippen LogP contribution in [0.25, 0.3) is 0 Å². The van der Waals surface area contributed by atoms with Crippen LogP contribution in [-0.4, -0.2) is 43.2 Å². The average molecular weight is 399 g/mol. The Kier molecular flexibility index (Phi) is 5.49. The number of ether oxygens (including phenoxy) is 2. The molecule has 1 aliphatic rings. The predicted molar refractivity (Wildman–Crippen MR) is 98.5 cm³/mol. The Morgan fingerprint density at radius 3 is 2.58 bits per heavy atom. The average Bonchev–Trinajstić information content (AvgIpc) is 3.14. The van der Waals surface area contributed by atoms with Gasteiger partial charge in [0.05, 0.1) is 4.90 Å². The second kappa shape index (κ2) is 7.49. The summed E-state index contributed by atoms with van der Waals surface area (Å²) >= 11 is 1.21. The molecule has 1 aliphatic heterocycles. The number of rotatable bonds is 7. The number of anilines is 2. The van der Waals surface area contributed by atoms with Crippen LogP contribution < -0.4 is 10.0 Å². The molecule has 10 heteroatoms. The summed E-state index contributed by atoms with van der Waals surface area (Å²) < 4.78 is 37.9. The van der Waals surface area contributed by atoms with Crippen molar-refractivity contribution in [3.63, 3.8) is 0 Å². The molecule has 1 aromatic carbocycles. The second-order valence-electron chi connectivity index (χ2n) is 6.25. The van der Waals surface area contributed by atoms with Crippen LogP contribution >= 0.6 is 11.3 Å². The molecule has 0 amide bonds. The molecule has 3 N–H and O–H groups in total. The van der Waals surface area contributed by atoms with Crippen molar-refractivity contribution in [2.75, 3.05) is 16.6 Å². The van der Waals surface area contributed by atoms with Gasteiger partial charge >= 0.3 is 0 Å². The fourth-order valence-electron chi connectivity index (χ4n) is 2.58. The molecule has 142 valence electrons. The maximum Gasteiger partial charge on any atom is 0.263 e. The molecule has 2 heterocycles. The van der Waals surface area contributed by atoms with E-state index in [4.69, 9.17) is 9.47 Å². The van der Waals surface area contributed by atoms with Crippen molar-refractivity contribution in [3.05, 3.63) is 35.8 Å². The van der Waals surface area contributed by atoms with Gasteiger partial charge in [-0.2, -0.15) is 0 Å². The lowest BCUT2D eigenvalue weighted by Crippen LogP contribution is -2.24. The monoisotopic (exact) mass is 399 g/mol. The van der Waals surface area contributed by atoms with Crippen LogP contribution in [0.3, 0.4) is 0 Å². The third kappa shape index (κ3) is 4.71. The first-order valence-electron chi connectivity index (χ1n) is 8.05. The molecule has 8 nitrogen and oxygen atoms in total. The van der Waals surface area contributed by atoms with Gasteiger partial charge < -0.3 is 19.9 Å². The van der Waals surface area contributed by atoms with E-state index in [0.29, 0.717) is 18.1 Å². The largest absolute Gasteiger partial charge is 0.385 e. The Bertz CT molecular complexity index is 822. The van der Waals surface area contributed by atoms with Gasteiger partial charge in [-0.25, -0.2) is 13.4 Å². The Balaban J connectivity index is 1.53. The number of aliphatic hydroxyl groups is 1. The van der Waals surface area contributed by atoms with Crippen LogP contribution in [0.4, 0.5) is 10.8 Å². The van der Waals surface area contributed by atoms with E-state index in [-0.39, 0.29) is 4.90 Å². The number of hydrogen-bond acceptors (Lipinski definition) is 8. The van der Waals surface area contributed by atoms with Crippen LogP contribution in [0, 0.1) is 0 Å². The van der Waals surface area contributed by atoms with Crippen molar-refractivity contribution in [3.8, 4) is 0 Å². The zero-order valence-electron chi connectivity index (χ0n) is 14.4. The molecular weight excluding hydrogens is 378 g/mol. The number of thiazole rings is 1. The predicted octanol–water partition coefficient (Wildman–Crippen LogP) is 2.22. The zero-order chi connectivity index (χ0) is 18.8. The van der Waals surface area contributed by atoms with Crippen molar-refractivity contribution >= 4 is 32.2 Å². The summed E-state index contributed by atoms with van der Waals surface area (Å²) in [6.07, 6.45) is 0.735. The number of hydrogen-bond donors (Lipinski definition) is 3. The van der Waals surface area contributed by atoms with E-state index in [1.54, 1.807) is 31.4 Å². The maximum atomic E-state index is 12.3. The summed E-state index contributed by atoms with van der Waals surface area (Å²) in [6.45, 7) is 4.05. The summed E-state index contributed by atoms with van der Waals surface area (Å²) in [5, 5.41) is 15.0. The SMILES string of the molecule is CC1(C)OC(O)[C@@H](CCNc2ccc(S(=O)(=O)Nc3nccs3)cc2)O1. The molecule has 1 fully saturated rings. The van der Waals surface area contributed by atoms with Crippen molar-refractivity contribution < 1.29 is 23.0 Å². The molecule has 1 unspecified atom stereocenters. The first-order chi connectivity index (χ1) is 12.3. The van der Waals surface area contributed by atoms with Crippen molar-refractivity contribution in [2.45, 2.75) is 43.3 Å². The molecule has 0 spiro atoms. The molecular formula is C16H21N3O5S2. The van der Waals surface area contributed by atoms with Crippen LogP contribution in [0.2, 0.25) is 0 Å². The molecule has 1 saturated heterocycles. The van der Waals surface area contributed by atoms with Gasteiger partial charge in [-0.3, -0.25) is 4.72 Å². The van der Waals surface area contributed by atoms with E-state index in [9.17, 15) is 13.5 Å². The van der Waals surface area contributed by atoms with E-state index in [1.807, 2.05) is 0 Å². The van der Waals surface area contributed by atoms with Gasteiger partial charge in [-0.15, -0.1) is 11.3 Å². The van der Waals surface area contributed by atoms with Crippen LogP contribution in [0.15, 0.2) is 40.7 Å². The van der Waals surface area contributed by atoms with E-state index < -0.39 is 28.2 Å². The summed E-state index contributed by atoms with van der Waals surface area (Å²) in [7, 11) is -3.65. The molecule has 0 bridgehead atoms. The van der Waals surface area contributed by atoms with E-state index >= 15 is 0 Å². The summed E-state index contributed by atoms with van der Waals surface area (Å²) in [5.41, 5.74) is 0.769. The highest BCUT2D eigenvalue weighted by Gasteiger charge is 2.39. The molecule has 0 aliphatic carbocycles. The highest BCUT2D eigenvalue weighted by atomic mass is 32.2. The molecule has 1 aromatic heterocycles. The van der Waals surface area contributed by atoms with Crippen LogP contribution in [0.1, 0.15) is 20.3 Å². The Hall–Kier alpha value is -1.72. The minimum atomic E-state index is -3.65. The fourth-order valence-corrected chi connectivity index (χ4v) is 4.37. The topological polar surface area (TPSA) is 110 Å². The number of aromatic nitrogens is 1. The molecule has 3 rings (SSSR count). The maximum absolute atomic E-state index is 12.3. The number of sulfonamides is 1. The summed E-state index contributed by atoms with van der Waals surface area (Å²) in [5.74, 6) is -0.787. The first-order valence-corrected chi connectivity index (χ1v) is 10.4. The van der Waals surface area contributed by atoms with Gasteiger partial charge in [0.15, 0.2) is 17.2 Å². The Morgan fingerprint density at radius 2 is 2.00 bits per heavy atom. The van der Waals surface area contributed by atoms with Crippen molar-refractivity contribution in [1.82, 2.24) is 4.98 Å². The smallest absolute Gasteiger partial charge is 0.263 e. The third-order valence-corrected chi connectivity index (χ3v) is 5.91. The van der Waals surface area contributed by atoms with Gasteiger partial charge in [0.1, 0.15) is 6.10 Å². The molecule has 26 heavy (non-hydrogen) atoms. The van der Waals surface area contributed by atoms with Crippen LogP contribution in [0.5, 0.6) is 0 Å². The van der Waals surface area contributed by atoms with Crippen molar-refractivity contribution in [2.24, 2.45) is 0 Å². The van der Waals surface area contributed by atoms with Crippen LogP contribution in [-0.2, 0) is 19.5 Å². The normalized spacial score (nSPS) is 22.3. The lowest BCUT2D eigenvalue weighted by atomic mass is 10.2. The number of aliphatic hydroxyl groups excluding tert-OH is 1. The Labute approximate surface area is 156 Å². The van der Waals surface area contributed by atoms with E-state index in [1.165, 1.54) is 29.7 Å². The van der Waals surface area contributed by atoms with Gasteiger partial charge in [0.25, 0.3) is 10.0 Å². The molecule has 2 aromatic rings. The lowest BCUT2D eigenvalue weighted by molar-refractivity contribution is -0.174. The summed E-state index contributed by atoms with van der Waals surface area (Å²) in [6, 6.07) is 6.41. The van der Waals surface area contributed by atoms with Gasteiger partial charge in [-0.05, 0) is 44.5 Å². The number of nitrogens with zero attached hydrogens (tertiary/aromatic N) is 1. The molecule has 2 atom stereocenters. The summed E-state index contributed by atoms with van der Waals surface area (Å²) in [4.78, 5) is 4.07. The molecule has 0 radical (unpaired) electrons. The second-order valence-corrected chi connectivity index (χ2v) is 8.82. The van der Waals surface area contributed by atoms with E-state index in [2.05, 4.69) is 15.0 Å². The van der Waals surface area contributed by atoms with E-state index in [0.717, 1.165) is 5.69 Å². The van der Waals surface area contributed by atoms with Gasteiger partial charge in [0.2, 0.25) is 0 Å². The Morgan fingerprint density at radius 1 is 1.27 bits per heavy atom. The zero-order valence-corrected chi connectivity index (χ0v) is 16.0. The first kappa shape index (κ1) is 19.1. The number of benzene rings is 1. The number of nitrogens with one attached hydrogen (secondary N) is 2. The highest BCUT2D eigenvalue weighted by Crippen LogP contribution is 2.28. The quantitative estimate of drug-likeness (QED) is 0.655. The molecule has 0 saturated carbocycles.